The Morgan fingerprint density at radius 2 is 1.57 bits per heavy atom. The van der Waals surface area contributed by atoms with Gasteiger partial charge < -0.3 is 88.7 Å². The molecule has 0 spiro atoms. The van der Waals surface area contributed by atoms with E-state index in [2.05, 4.69) is 43.5 Å². The number of hydrogen-bond donors (Lipinski definition) is 7. The maximum atomic E-state index is 12.7. The van der Waals surface area contributed by atoms with E-state index in [1.807, 2.05) is 13.0 Å². The number of hydrogen-bond acceptors (Lipinski definition) is 26. The summed E-state index contributed by atoms with van der Waals surface area (Å²) in [6, 6.07) is 0. The highest BCUT2D eigenvalue weighted by molar-refractivity contribution is 8.14. The number of carbonyl (C=O) groups excluding carboxylic acids is 3. The Labute approximate surface area is 445 Å². The summed E-state index contributed by atoms with van der Waals surface area (Å²) in [6.45, 7) is 3.80. The lowest BCUT2D eigenvalue weighted by molar-refractivity contribution is -0.347. The van der Waals surface area contributed by atoms with E-state index in [0.717, 1.165) is 73.9 Å². The van der Waals surface area contributed by atoms with E-state index in [9.17, 15) is 68.1 Å². The van der Waals surface area contributed by atoms with Crippen molar-refractivity contribution in [1.82, 2.24) is 30.2 Å². The molecule has 0 saturated carbocycles. The summed E-state index contributed by atoms with van der Waals surface area (Å²) in [5.74, 6) is -1.27. The first kappa shape index (κ1) is 65.7. The zero-order chi connectivity index (χ0) is 56.3. The summed E-state index contributed by atoms with van der Waals surface area (Å²) in [6.07, 6.45) is 6.31. The Bertz CT molecular complexity index is 2330. The van der Waals surface area contributed by atoms with Gasteiger partial charge in [-0.05, 0) is 39.2 Å². The average Bonchev–Trinajstić information content (AvgIpc) is 3.90. The summed E-state index contributed by atoms with van der Waals surface area (Å²) in [4.78, 5) is 97.0. The predicted octanol–water partition coefficient (Wildman–Crippen LogP) is 0.636. The lowest BCUT2D eigenvalue weighted by atomic mass is 9.87. The van der Waals surface area contributed by atoms with Gasteiger partial charge in [0.15, 0.2) is 24.0 Å². The predicted molar refractivity (Wildman–Crippen MR) is 264 cm³/mol. The fourth-order valence-corrected chi connectivity index (χ4v) is 11.3. The number of allylic oxidation sites excluding steroid dienone is 1. The van der Waals surface area contributed by atoms with Crippen molar-refractivity contribution < 1.29 is 100 Å². The van der Waals surface area contributed by atoms with E-state index in [1.165, 1.54) is 52.0 Å². The second kappa shape index (κ2) is 31.2. The van der Waals surface area contributed by atoms with Crippen molar-refractivity contribution in [3.63, 3.8) is 0 Å². The first-order valence-electron chi connectivity index (χ1n) is 25.0. The minimum Gasteiger partial charge on any atom is -0.790 e. The van der Waals surface area contributed by atoms with Crippen LogP contribution in [0.4, 0.5) is 5.82 Å². The molecule has 0 aromatic carbocycles. The van der Waals surface area contributed by atoms with E-state index < -0.39 is 103 Å². The van der Waals surface area contributed by atoms with Gasteiger partial charge in [0.2, 0.25) is 16.9 Å². The maximum absolute atomic E-state index is 12.7. The molecule has 0 aliphatic carbocycles. The van der Waals surface area contributed by atoms with Gasteiger partial charge in [0.05, 0.1) is 45.7 Å². The molecule has 2 aliphatic rings. The molecule has 76 heavy (non-hydrogen) atoms. The second-order valence-electron chi connectivity index (χ2n) is 19.2. The number of rotatable bonds is 35. The van der Waals surface area contributed by atoms with Gasteiger partial charge in [0, 0.05) is 37.1 Å². The number of nitrogen functional groups attached to an aromatic ring is 1. The number of aliphatic hydroxyl groups excluding tert-OH is 4. The number of phosphoric acid groups is 3. The molecule has 2 amide bonds. The van der Waals surface area contributed by atoms with E-state index in [-0.39, 0.29) is 60.2 Å². The van der Waals surface area contributed by atoms with Crippen molar-refractivity contribution in [3.05, 3.63) is 24.8 Å². The van der Waals surface area contributed by atoms with Crippen LogP contribution in [0.5, 0.6) is 0 Å². The number of ether oxygens (including phenoxy) is 3. The Kier molecular flexibility index (Phi) is 27.0. The van der Waals surface area contributed by atoms with Crippen LogP contribution in [0.25, 0.3) is 11.2 Å². The van der Waals surface area contributed by atoms with Gasteiger partial charge in [-0.1, -0.05) is 89.5 Å². The van der Waals surface area contributed by atoms with Crippen LogP contribution in [0.2, 0.25) is 0 Å². The summed E-state index contributed by atoms with van der Waals surface area (Å²) in [5, 5.41) is 46.2. The van der Waals surface area contributed by atoms with Crippen molar-refractivity contribution >= 4 is 69.1 Å². The Morgan fingerprint density at radius 3 is 2.24 bits per heavy atom. The van der Waals surface area contributed by atoms with Crippen LogP contribution in [0, 0.1) is 5.41 Å². The molecule has 434 valence electrons. The van der Waals surface area contributed by atoms with Gasteiger partial charge in [0.1, 0.15) is 42.4 Å². The molecular formula is C44H72N7O21P3S-4. The lowest BCUT2D eigenvalue weighted by Crippen LogP contribution is -2.48. The largest absolute Gasteiger partial charge is 0.790 e. The minimum atomic E-state index is -5.93. The number of imidazole rings is 1. The fourth-order valence-electron chi connectivity index (χ4n) is 7.96. The number of carbonyl (C=O) groups is 3. The number of fused-ring (bicyclic) bond motifs is 1. The van der Waals surface area contributed by atoms with E-state index in [1.54, 1.807) is 6.92 Å². The zero-order valence-corrected chi connectivity index (χ0v) is 46.4. The third-order valence-corrected chi connectivity index (χ3v) is 16.1. The molecule has 2 unspecified atom stereocenters. The number of phosphoric ester groups is 3. The molecule has 0 bridgehead atoms. The molecule has 32 heteroatoms. The highest BCUT2D eigenvalue weighted by Crippen LogP contribution is 2.56. The highest BCUT2D eigenvalue weighted by atomic mass is 32.2. The molecule has 2 saturated heterocycles. The number of aromatic nitrogens is 4. The zero-order valence-electron chi connectivity index (χ0n) is 42.9. The van der Waals surface area contributed by atoms with Crippen LogP contribution in [0.1, 0.15) is 124 Å². The molecule has 8 N–H and O–H groups in total. The van der Waals surface area contributed by atoms with E-state index in [0.29, 0.717) is 5.75 Å². The number of anilines is 1. The van der Waals surface area contributed by atoms with Crippen LogP contribution in [-0.4, -0.2) is 144 Å². The van der Waals surface area contributed by atoms with Gasteiger partial charge in [-0.15, -0.1) is 0 Å². The topological polar surface area (TPSA) is 434 Å². The Hall–Kier alpha value is -2.86. The first-order valence-corrected chi connectivity index (χ1v) is 30.4. The van der Waals surface area contributed by atoms with Crippen molar-refractivity contribution in [3.8, 4) is 0 Å². The minimum absolute atomic E-state index is 0.0254. The molecule has 12 atom stereocenters. The fraction of sp³-hybridized carbons (Fsp3) is 0.773. The first-order chi connectivity index (χ1) is 35.7. The maximum Gasteiger partial charge on any atom is 0.274 e. The molecule has 2 aromatic heterocycles. The van der Waals surface area contributed by atoms with Crippen LogP contribution in [0.15, 0.2) is 24.8 Å². The monoisotopic (exact) mass is 1160 g/mol. The number of unbranched alkanes of at least 4 members (excludes halogenated alkanes) is 10. The SMILES string of the molecule is C[C@H](CCCCCCCCCCCC/C=C/C(=O)SCCNC(=O)CCNC(=O)[C@H](O)C(C)(C)COP(=O)([O-])OP(=O)([O-])OC[C@H]1O[C@@H](n2cnc3c(N)ncnc32)[C@H](O)[C@@H]1OP(=O)([O-])[O-])O[C@@H]1O[C@@H](C)[C@H](O)C[C@H]1O. The highest BCUT2D eigenvalue weighted by Gasteiger charge is 2.47. The van der Waals surface area contributed by atoms with Gasteiger partial charge in [-0.3, -0.25) is 28.1 Å². The van der Waals surface area contributed by atoms with Gasteiger partial charge in [-0.25, -0.2) is 19.3 Å². The van der Waals surface area contributed by atoms with Crippen LogP contribution in [-0.2, 0) is 60.2 Å². The Balaban J connectivity index is 1.01. The third kappa shape index (κ3) is 22.7. The molecule has 28 nitrogen and oxygen atoms in total. The van der Waals surface area contributed by atoms with Crippen molar-refractivity contribution in [2.75, 3.05) is 37.8 Å². The number of nitrogens with one attached hydrogen (secondary N) is 2. The summed E-state index contributed by atoms with van der Waals surface area (Å²) in [7, 11) is -17.7. The summed E-state index contributed by atoms with van der Waals surface area (Å²) < 4.78 is 72.3. The quantitative estimate of drug-likeness (QED) is 0.0283. The van der Waals surface area contributed by atoms with Gasteiger partial charge in [0.25, 0.3) is 15.6 Å². The molecule has 2 fully saturated rings. The molecular weight excluding hydrogens is 1090 g/mol. The van der Waals surface area contributed by atoms with Crippen molar-refractivity contribution in [2.45, 2.75) is 179 Å². The number of aliphatic hydroxyl groups is 4. The van der Waals surface area contributed by atoms with E-state index >= 15 is 0 Å². The lowest BCUT2D eigenvalue weighted by Gasteiger charge is -2.36. The van der Waals surface area contributed by atoms with Gasteiger partial charge >= 0.3 is 0 Å². The standard InChI is InChI=1S/C44H76N7O21P3S/c1-28(68-43-31(53)23-30(52)29(2)69-43)17-15-13-11-9-7-5-6-8-10-12-14-16-18-34(55)76-22-21-46-33(54)19-20-47-41(58)38(57)44(3,4)25-67-75(64,65)72-74(62,63)66-24-32-37(71-73(59,60)61)36(56)42(70-32)51-27-50-35-39(45)48-26-49-40(35)51/h16,18,26-32,36-38,42-43,52-53,56-57H,5-15,17,19-25H2,1-4H3,(H,46,54)(H,47,58)(H,62,63)(H,64,65)(H2,45,48,49)(H2,59,60,61)/p-4/b18-16+/t28-,29+,30-,31-,32-,36-,37-,38+,42-,43-/m1/s1. The second-order valence-corrected chi connectivity index (χ2v) is 24.4. The van der Waals surface area contributed by atoms with Crippen LogP contribution < -0.4 is 35.9 Å². The van der Waals surface area contributed by atoms with Gasteiger partial charge in [-0.2, -0.15) is 0 Å². The number of thioether (sulfide) groups is 1. The third-order valence-electron chi connectivity index (χ3n) is 12.3. The van der Waals surface area contributed by atoms with E-state index in [4.69, 9.17) is 19.9 Å². The van der Waals surface area contributed by atoms with Crippen molar-refractivity contribution in [2.24, 2.45) is 5.41 Å². The van der Waals surface area contributed by atoms with Crippen LogP contribution >= 0.6 is 35.2 Å². The number of amides is 2. The normalized spacial score (nSPS) is 24.8. The van der Waals surface area contributed by atoms with Crippen LogP contribution in [0.3, 0.4) is 0 Å². The summed E-state index contributed by atoms with van der Waals surface area (Å²) in [5.41, 5.74) is 4.06. The molecule has 4 heterocycles. The smallest absolute Gasteiger partial charge is 0.274 e. The molecule has 2 aliphatic heterocycles. The summed E-state index contributed by atoms with van der Waals surface area (Å²) >= 11 is 1.04. The molecule has 4 rings (SSSR count). The number of nitrogens with two attached hydrogens (primary N) is 1. The Morgan fingerprint density at radius 1 is 0.921 bits per heavy atom. The number of nitrogens with zero attached hydrogens (tertiary/aromatic N) is 4. The molecule has 0 radical (unpaired) electrons. The average molecular weight is 1160 g/mol. The molecule has 2 aromatic rings. The van der Waals surface area contributed by atoms with Crippen molar-refractivity contribution in [1.29, 1.82) is 0 Å².